The number of ether oxygens (including phenoxy) is 6. The number of carbonyl (C=O) groups excluding carboxylic acids is 1. The van der Waals surface area contributed by atoms with Crippen LogP contribution in [0.3, 0.4) is 0 Å². The summed E-state index contributed by atoms with van der Waals surface area (Å²) in [7, 11) is 0. The van der Waals surface area contributed by atoms with Crippen LogP contribution in [0.2, 0.25) is 0 Å². The van der Waals surface area contributed by atoms with Gasteiger partial charge in [-0.2, -0.15) is 0 Å². The third kappa shape index (κ3) is 25.5. The maximum Gasteiger partial charge on any atom is 0.220 e. The van der Waals surface area contributed by atoms with E-state index in [1.807, 2.05) is 6.08 Å². The van der Waals surface area contributed by atoms with E-state index in [1.54, 1.807) is 6.08 Å². The lowest BCUT2D eigenvalue weighted by molar-refractivity contribution is -0.379. The lowest BCUT2D eigenvalue weighted by Crippen LogP contribution is -2.66. The van der Waals surface area contributed by atoms with Gasteiger partial charge in [0.25, 0.3) is 0 Å². The third-order valence-electron chi connectivity index (χ3n) is 15.3. The van der Waals surface area contributed by atoms with Gasteiger partial charge in [-0.1, -0.05) is 199 Å². The van der Waals surface area contributed by atoms with Gasteiger partial charge in [-0.05, 0) is 19.3 Å². The Bertz CT molecular complexity index is 1450. The van der Waals surface area contributed by atoms with Gasteiger partial charge in [0.05, 0.1) is 38.6 Å². The molecule has 0 spiro atoms. The van der Waals surface area contributed by atoms with Crippen molar-refractivity contribution in [3.8, 4) is 0 Å². The number of aliphatic hydroxyl groups excluding tert-OH is 11. The summed E-state index contributed by atoms with van der Waals surface area (Å²) in [6, 6.07) is -0.965. The Morgan fingerprint density at radius 1 is 0.461 bits per heavy atom. The Morgan fingerprint density at radius 3 is 1.24 bits per heavy atom. The zero-order chi connectivity index (χ0) is 55.5. The minimum absolute atomic E-state index is 0.249. The third-order valence-corrected chi connectivity index (χ3v) is 15.3. The van der Waals surface area contributed by atoms with Gasteiger partial charge in [0, 0.05) is 6.42 Å². The molecule has 0 aromatic rings. The molecular weight excluding hydrogens is 987 g/mol. The van der Waals surface area contributed by atoms with Gasteiger partial charge >= 0.3 is 0 Å². The van der Waals surface area contributed by atoms with E-state index in [0.29, 0.717) is 6.42 Å². The molecular formula is C57H107NO18. The summed E-state index contributed by atoms with van der Waals surface area (Å²) in [4.78, 5) is 13.3. The summed E-state index contributed by atoms with van der Waals surface area (Å²) in [5, 5.41) is 120. The van der Waals surface area contributed by atoms with Gasteiger partial charge in [0.15, 0.2) is 18.9 Å². The number of hydrogen-bond acceptors (Lipinski definition) is 18. The number of allylic oxidation sites excluding steroid dienone is 1. The van der Waals surface area contributed by atoms with Crippen LogP contribution >= 0.6 is 0 Å². The summed E-state index contributed by atoms with van der Waals surface area (Å²) in [5.74, 6) is -0.275. The van der Waals surface area contributed by atoms with Crippen molar-refractivity contribution in [3.63, 3.8) is 0 Å². The van der Waals surface area contributed by atoms with Crippen LogP contribution in [0, 0.1) is 0 Å². The fraction of sp³-hybridized carbons (Fsp3) is 0.947. The molecule has 0 radical (unpaired) electrons. The van der Waals surface area contributed by atoms with E-state index in [1.165, 1.54) is 141 Å². The van der Waals surface area contributed by atoms with E-state index in [2.05, 4.69) is 19.2 Å². The van der Waals surface area contributed by atoms with Crippen LogP contribution in [-0.2, 0) is 33.2 Å². The average Bonchev–Trinajstić information content (AvgIpc) is 3.42. The molecule has 19 heteroatoms. The van der Waals surface area contributed by atoms with Gasteiger partial charge in [-0.25, -0.2) is 0 Å². The Morgan fingerprint density at radius 2 is 0.816 bits per heavy atom. The molecule has 0 saturated carbocycles. The van der Waals surface area contributed by atoms with E-state index in [9.17, 15) is 61.0 Å². The molecule has 17 unspecified atom stereocenters. The summed E-state index contributed by atoms with van der Waals surface area (Å²) in [5.41, 5.74) is 0. The molecule has 0 aromatic carbocycles. The fourth-order valence-electron chi connectivity index (χ4n) is 10.4. The van der Waals surface area contributed by atoms with Crippen molar-refractivity contribution in [2.45, 2.75) is 317 Å². The second-order valence-electron chi connectivity index (χ2n) is 21.8. The van der Waals surface area contributed by atoms with E-state index >= 15 is 0 Å². The number of nitrogens with one attached hydrogen (secondary N) is 1. The molecule has 0 aromatic heterocycles. The normalized spacial score (nSPS) is 31.0. The highest BCUT2D eigenvalue weighted by molar-refractivity contribution is 5.76. The van der Waals surface area contributed by atoms with Gasteiger partial charge in [0.1, 0.15) is 73.2 Å². The van der Waals surface area contributed by atoms with Gasteiger partial charge in [-0.3, -0.25) is 4.79 Å². The molecule has 17 atom stereocenters. The predicted molar refractivity (Wildman–Crippen MR) is 287 cm³/mol. The molecule has 3 fully saturated rings. The fourth-order valence-corrected chi connectivity index (χ4v) is 10.4. The monoisotopic (exact) mass is 1090 g/mol. The van der Waals surface area contributed by atoms with Gasteiger partial charge in [0.2, 0.25) is 5.91 Å². The number of carbonyl (C=O) groups is 1. The Labute approximate surface area is 455 Å². The van der Waals surface area contributed by atoms with E-state index < -0.39 is 124 Å². The van der Waals surface area contributed by atoms with Crippen molar-refractivity contribution < 1.29 is 89.4 Å². The number of rotatable bonds is 44. The predicted octanol–water partition coefficient (Wildman–Crippen LogP) is 4.99. The van der Waals surface area contributed by atoms with Crippen molar-refractivity contribution >= 4 is 5.91 Å². The maximum atomic E-state index is 13.3. The first-order chi connectivity index (χ1) is 36.8. The second-order valence-corrected chi connectivity index (χ2v) is 21.8. The van der Waals surface area contributed by atoms with Gasteiger partial charge < -0.3 is 89.9 Å². The number of amides is 1. The lowest BCUT2D eigenvalue weighted by atomic mass is 9.96. The van der Waals surface area contributed by atoms with Crippen LogP contribution in [0.25, 0.3) is 0 Å². The zero-order valence-electron chi connectivity index (χ0n) is 46.5. The van der Waals surface area contributed by atoms with Crippen LogP contribution in [0.5, 0.6) is 0 Å². The molecule has 3 rings (SSSR count). The van der Waals surface area contributed by atoms with Crippen molar-refractivity contribution in [2.24, 2.45) is 0 Å². The zero-order valence-corrected chi connectivity index (χ0v) is 46.5. The van der Waals surface area contributed by atoms with Crippen molar-refractivity contribution in [1.29, 1.82) is 0 Å². The molecule has 3 aliphatic rings. The highest BCUT2D eigenvalue weighted by atomic mass is 16.8. The molecule has 448 valence electrons. The SMILES string of the molecule is CCCCCCCCC/C=C/C(O)C(COC1OC(CO)C(OC2OC(CO)C(OC3OC(CO)C(O)C(O)C3O)C(O)C2O)C(O)C1O)NC(=O)CCCCCCCCCCCCCCCCCCCCCCCC. The standard InChI is InChI=1S/C57H107NO18/c1-3-5-7-9-11-13-14-15-16-17-18-19-20-21-22-23-24-25-27-29-31-33-35-45(63)58-40(41(62)34-32-30-28-26-12-10-8-6-4-2)39-71-55-51(69)48(66)53(43(37-60)73-55)76-57-52(70)49(67)54(44(38-61)74-57)75-56-50(68)47(65)46(64)42(36-59)72-56/h32,34,40-44,46-57,59-62,64-70H,3-31,33,35-39H2,1-2H3,(H,58,63)/b34-32+. The Balaban J connectivity index is 1.44. The highest BCUT2D eigenvalue weighted by Gasteiger charge is 2.53. The molecule has 76 heavy (non-hydrogen) atoms. The quantitative estimate of drug-likeness (QED) is 0.0283. The highest BCUT2D eigenvalue weighted by Crippen LogP contribution is 2.33. The van der Waals surface area contributed by atoms with Crippen molar-refractivity contribution in [2.75, 3.05) is 26.4 Å². The Hall–Kier alpha value is -1.47. The summed E-state index contributed by atoms with van der Waals surface area (Å²) >= 11 is 0. The van der Waals surface area contributed by atoms with Crippen LogP contribution in [0.1, 0.15) is 213 Å². The molecule has 12 N–H and O–H groups in total. The summed E-state index contributed by atoms with van der Waals surface area (Å²) in [6.07, 6.45) is 13.7. The molecule has 0 bridgehead atoms. The molecule has 3 heterocycles. The van der Waals surface area contributed by atoms with Crippen LogP contribution in [0.4, 0.5) is 0 Å². The molecule has 0 aliphatic carbocycles. The maximum absolute atomic E-state index is 13.3. The minimum Gasteiger partial charge on any atom is -0.394 e. The lowest BCUT2D eigenvalue weighted by Gasteiger charge is -2.48. The first-order valence-electron chi connectivity index (χ1n) is 29.9. The Kier molecular flexibility index (Phi) is 37.6. The minimum atomic E-state index is -1.97. The van der Waals surface area contributed by atoms with Gasteiger partial charge in [-0.15, -0.1) is 0 Å². The molecule has 19 nitrogen and oxygen atoms in total. The van der Waals surface area contributed by atoms with Crippen molar-refractivity contribution in [3.05, 3.63) is 12.2 Å². The van der Waals surface area contributed by atoms with E-state index in [4.69, 9.17) is 28.4 Å². The van der Waals surface area contributed by atoms with E-state index in [-0.39, 0.29) is 18.9 Å². The average molecular weight is 1090 g/mol. The van der Waals surface area contributed by atoms with Crippen LogP contribution in [-0.4, -0.2) is 193 Å². The number of hydrogen-bond donors (Lipinski definition) is 12. The largest absolute Gasteiger partial charge is 0.394 e. The van der Waals surface area contributed by atoms with Crippen molar-refractivity contribution in [1.82, 2.24) is 5.32 Å². The summed E-state index contributed by atoms with van der Waals surface area (Å²) in [6.45, 7) is 1.69. The molecule has 3 saturated heterocycles. The summed E-state index contributed by atoms with van der Waals surface area (Å²) < 4.78 is 34.2. The topological polar surface area (TPSA) is 307 Å². The molecule has 3 aliphatic heterocycles. The van der Waals surface area contributed by atoms with Crippen LogP contribution in [0.15, 0.2) is 12.2 Å². The number of aliphatic hydroxyl groups is 11. The second kappa shape index (κ2) is 41.5. The number of unbranched alkanes of at least 4 members (excludes halogenated alkanes) is 28. The smallest absolute Gasteiger partial charge is 0.220 e. The molecule has 1 amide bonds. The first kappa shape index (κ1) is 68.8. The van der Waals surface area contributed by atoms with E-state index in [0.717, 1.165) is 44.9 Å². The van der Waals surface area contributed by atoms with Crippen LogP contribution < -0.4 is 5.32 Å². The first-order valence-corrected chi connectivity index (χ1v) is 29.9.